The molecule has 0 aliphatic heterocycles. The highest BCUT2D eigenvalue weighted by Crippen LogP contribution is 2.19. The minimum absolute atomic E-state index is 0.0390. The predicted molar refractivity (Wildman–Crippen MR) is 67.8 cm³/mol. The first kappa shape index (κ1) is 14.7. The van der Waals surface area contributed by atoms with Crippen LogP contribution in [0.25, 0.3) is 0 Å². The van der Waals surface area contributed by atoms with Crippen molar-refractivity contribution in [3.05, 3.63) is 34.9 Å². The number of benzene rings is 1. The number of aliphatic carboxylic acids is 1. The van der Waals surface area contributed by atoms with Crippen LogP contribution >= 0.6 is 11.6 Å². The summed E-state index contributed by atoms with van der Waals surface area (Å²) in [5.74, 6) is -1.41. The molecule has 1 unspecified atom stereocenters. The SMILES string of the molecule is CCc1cc(C(O)C(=O)O)ccc1CC(=O)CCl. The molecule has 0 saturated carbocycles. The highest BCUT2D eigenvalue weighted by molar-refractivity contribution is 6.27. The van der Waals surface area contributed by atoms with Crippen LogP contribution in [0, 0.1) is 0 Å². The second kappa shape index (κ2) is 6.52. The number of aliphatic hydroxyl groups excluding tert-OH is 1. The number of alkyl halides is 1. The average molecular weight is 271 g/mol. The fraction of sp³-hybridized carbons (Fsp3) is 0.385. The first-order valence-corrected chi connectivity index (χ1v) is 6.13. The fourth-order valence-electron chi connectivity index (χ4n) is 1.72. The lowest BCUT2D eigenvalue weighted by atomic mass is 9.96. The Morgan fingerprint density at radius 3 is 2.50 bits per heavy atom. The van der Waals surface area contributed by atoms with Crippen molar-refractivity contribution in [2.45, 2.75) is 25.9 Å². The molecule has 1 rings (SSSR count). The number of aliphatic hydroxyl groups is 1. The number of ketones is 1. The van der Waals surface area contributed by atoms with Gasteiger partial charge in [-0.05, 0) is 23.1 Å². The Morgan fingerprint density at radius 1 is 1.33 bits per heavy atom. The lowest BCUT2D eigenvalue weighted by Gasteiger charge is -2.11. The fourth-order valence-corrected chi connectivity index (χ4v) is 1.81. The van der Waals surface area contributed by atoms with Gasteiger partial charge in [0, 0.05) is 6.42 Å². The number of aryl methyl sites for hydroxylation is 1. The molecule has 0 aliphatic carbocycles. The van der Waals surface area contributed by atoms with Gasteiger partial charge in [-0.25, -0.2) is 4.79 Å². The molecule has 4 nitrogen and oxygen atoms in total. The molecule has 5 heteroatoms. The first-order chi connectivity index (χ1) is 8.49. The van der Waals surface area contributed by atoms with Crippen molar-refractivity contribution < 1.29 is 19.8 Å². The maximum absolute atomic E-state index is 11.3. The van der Waals surface area contributed by atoms with Crippen LogP contribution in [0.4, 0.5) is 0 Å². The minimum Gasteiger partial charge on any atom is -0.479 e. The van der Waals surface area contributed by atoms with Crippen molar-refractivity contribution in [1.29, 1.82) is 0 Å². The van der Waals surface area contributed by atoms with Gasteiger partial charge < -0.3 is 10.2 Å². The van der Waals surface area contributed by atoms with Gasteiger partial charge >= 0.3 is 5.97 Å². The number of carboxylic acids is 1. The van der Waals surface area contributed by atoms with Gasteiger partial charge in [0.1, 0.15) is 0 Å². The Labute approximate surface area is 110 Å². The van der Waals surface area contributed by atoms with Crippen LogP contribution in [0.1, 0.15) is 29.7 Å². The summed E-state index contributed by atoms with van der Waals surface area (Å²) in [6, 6.07) is 4.81. The number of rotatable bonds is 6. The zero-order valence-electron chi connectivity index (χ0n) is 10.0. The molecular weight excluding hydrogens is 256 g/mol. The molecule has 1 atom stereocenters. The van der Waals surface area contributed by atoms with Crippen LogP contribution in [0.3, 0.4) is 0 Å². The summed E-state index contributed by atoms with van der Waals surface area (Å²) in [4.78, 5) is 22.0. The van der Waals surface area contributed by atoms with E-state index in [0.29, 0.717) is 12.0 Å². The van der Waals surface area contributed by atoms with E-state index in [9.17, 15) is 14.7 Å². The Morgan fingerprint density at radius 2 is 2.00 bits per heavy atom. The Kier molecular flexibility index (Phi) is 5.31. The quantitative estimate of drug-likeness (QED) is 0.772. The van der Waals surface area contributed by atoms with E-state index in [0.717, 1.165) is 11.1 Å². The third-order valence-electron chi connectivity index (χ3n) is 2.70. The standard InChI is InChI=1S/C13H15ClO4/c1-2-8-5-10(12(16)13(17)18)4-3-9(8)6-11(15)7-14/h3-5,12,16H,2,6-7H2,1H3,(H,17,18). The summed E-state index contributed by atoms with van der Waals surface area (Å²) in [5.41, 5.74) is 2.00. The highest BCUT2D eigenvalue weighted by Gasteiger charge is 2.17. The number of hydrogen-bond acceptors (Lipinski definition) is 3. The lowest BCUT2D eigenvalue weighted by molar-refractivity contribution is -0.147. The van der Waals surface area contributed by atoms with Crippen molar-refractivity contribution in [2.24, 2.45) is 0 Å². The summed E-state index contributed by atoms with van der Waals surface area (Å²) in [6.07, 6.45) is -0.644. The molecule has 0 spiro atoms. The van der Waals surface area contributed by atoms with Gasteiger partial charge in [-0.2, -0.15) is 0 Å². The molecule has 1 aromatic carbocycles. The summed E-state index contributed by atoms with van der Waals surface area (Å²) in [7, 11) is 0. The number of Topliss-reactive ketones (excluding diaryl/α,β-unsaturated/α-hetero) is 1. The Balaban J connectivity index is 3.03. The molecular formula is C13H15ClO4. The van der Waals surface area contributed by atoms with Crippen LogP contribution in [0.2, 0.25) is 0 Å². The normalized spacial score (nSPS) is 12.2. The van der Waals surface area contributed by atoms with E-state index in [1.165, 1.54) is 6.07 Å². The summed E-state index contributed by atoms with van der Waals surface area (Å²) >= 11 is 5.45. The van der Waals surface area contributed by atoms with Gasteiger partial charge in [-0.15, -0.1) is 11.6 Å². The topological polar surface area (TPSA) is 74.6 Å². The molecule has 18 heavy (non-hydrogen) atoms. The van der Waals surface area contributed by atoms with E-state index >= 15 is 0 Å². The number of carboxylic acid groups (broad SMARTS) is 1. The van der Waals surface area contributed by atoms with Crippen molar-refractivity contribution >= 4 is 23.4 Å². The van der Waals surface area contributed by atoms with E-state index in [-0.39, 0.29) is 18.1 Å². The van der Waals surface area contributed by atoms with Gasteiger partial charge in [0.05, 0.1) is 5.88 Å². The van der Waals surface area contributed by atoms with Crippen molar-refractivity contribution in [3.8, 4) is 0 Å². The van der Waals surface area contributed by atoms with Crippen LogP contribution < -0.4 is 0 Å². The van der Waals surface area contributed by atoms with Crippen LogP contribution in [0.5, 0.6) is 0 Å². The Bertz CT molecular complexity index is 456. The van der Waals surface area contributed by atoms with E-state index in [1.54, 1.807) is 12.1 Å². The summed E-state index contributed by atoms with van der Waals surface area (Å²) in [6.45, 7) is 1.90. The van der Waals surface area contributed by atoms with Crippen LogP contribution in [-0.2, 0) is 22.4 Å². The molecule has 0 amide bonds. The van der Waals surface area contributed by atoms with Gasteiger partial charge in [0.15, 0.2) is 11.9 Å². The zero-order chi connectivity index (χ0) is 13.7. The van der Waals surface area contributed by atoms with E-state index in [2.05, 4.69) is 0 Å². The zero-order valence-corrected chi connectivity index (χ0v) is 10.8. The second-order valence-electron chi connectivity index (χ2n) is 3.97. The molecule has 0 fully saturated rings. The molecule has 0 heterocycles. The van der Waals surface area contributed by atoms with E-state index in [1.807, 2.05) is 6.92 Å². The van der Waals surface area contributed by atoms with Crippen molar-refractivity contribution in [3.63, 3.8) is 0 Å². The van der Waals surface area contributed by atoms with Gasteiger partial charge in [0.2, 0.25) is 0 Å². The average Bonchev–Trinajstić information content (AvgIpc) is 2.37. The number of halogens is 1. The lowest BCUT2D eigenvalue weighted by Crippen LogP contribution is -2.12. The van der Waals surface area contributed by atoms with E-state index < -0.39 is 12.1 Å². The highest BCUT2D eigenvalue weighted by atomic mass is 35.5. The van der Waals surface area contributed by atoms with Crippen LogP contribution in [0.15, 0.2) is 18.2 Å². The third-order valence-corrected chi connectivity index (χ3v) is 3.00. The molecule has 98 valence electrons. The molecule has 0 aliphatic rings. The maximum atomic E-state index is 11.3. The number of hydrogen-bond donors (Lipinski definition) is 2. The monoisotopic (exact) mass is 270 g/mol. The first-order valence-electron chi connectivity index (χ1n) is 5.59. The largest absolute Gasteiger partial charge is 0.479 e. The molecule has 0 aromatic heterocycles. The van der Waals surface area contributed by atoms with Gasteiger partial charge in [-0.1, -0.05) is 25.1 Å². The Hall–Kier alpha value is -1.39. The predicted octanol–water partition coefficient (Wildman–Crippen LogP) is 1.72. The molecule has 0 bridgehead atoms. The summed E-state index contributed by atoms with van der Waals surface area (Å²) in [5, 5.41) is 18.2. The molecule has 2 N–H and O–H groups in total. The second-order valence-corrected chi connectivity index (χ2v) is 4.24. The van der Waals surface area contributed by atoms with Gasteiger partial charge in [-0.3, -0.25) is 4.79 Å². The van der Waals surface area contributed by atoms with Crippen LogP contribution in [-0.4, -0.2) is 27.8 Å². The van der Waals surface area contributed by atoms with E-state index in [4.69, 9.17) is 16.7 Å². The molecule has 1 aromatic rings. The van der Waals surface area contributed by atoms with Crippen molar-refractivity contribution in [2.75, 3.05) is 5.88 Å². The molecule has 0 saturated heterocycles. The number of carbonyl (C=O) groups excluding carboxylic acids is 1. The summed E-state index contributed by atoms with van der Waals surface area (Å²) < 4.78 is 0. The third kappa shape index (κ3) is 3.55. The van der Waals surface area contributed by atoms with Gasteiger partial charge in [0.25, 0.3) is 0 Å². The maximum Gasteiger partial charge on any atom is 0.337 e. The molecule has 0 radical (unpaired) electrons. The number of carbonyl (C=O) groups is 2. The van der Waals surface area contributed by atoms with Crippen molar-refractivity contribution in [1.82, 2.24) is 0 Å². The minimum atomic E-state index is -1.53. The smallest absolute Gasteiger partial charge is 0.337 e.